The Labute approximate surface area is 119 Å². The SMILES string of the molecule is C[C@@H]1C[C@H]2CC(=O)O[C@]3(C1)N1CCCC(=O)[C@]23CCC1. The van der Waals surface area contributed by atoms with Crippen LogP contribution < -0.4 is 0 Å². The second-order valence-electron chi connectivity index (χ2n) is 7.29. The van der Waals surface area contributed by atoms with Gasteiger partial charge in [0.15, 0.2) is 5.72 Å². The molecule has 0 radical (unpaired) electrons. The van der Waals surface area contributed by atoms with Gasteiger partial charge in [0.05, 0.1) is 5.41 Å². The zero-order chi connectivity index (χ0) is 14.0. The van der Waals surface area contributed by atoms with Crippen molar-refractivity contribution in [3.05, 3.63) is 0 Å². The number of ketones is 1. The molecule has 4 fully saturated rings. The third-order valence-corrected chi connectivity index (χ3v) is 6.24. The van der Waals surface area contributed by atoms with E-state index in [9.17, 15) is 9.59 Å². The van der Waals surface area contributed by atoms with E-state index in [1.54, 1.807) is 0 Å². The minimum atomic E-state index is -0.601. The summed E-state index contributed by atoms with van der Waals surface area (Å²) in [6.45, 7) is 4.12. The van der Waals surface area contributed by atoms with E-state index >= 15 is 0 Å². The van der Waals surface area contributed by atoms with E-state index in [1.807, 2.05) is 0 Å². The average Bonchev–Trinajstić information content (AvgIpc) is 2.43. The van der Waals surface area contributed by atoms with Crippen LogP contribution in [0.2, 0.25) is 0 Å². The molecule has 4 rings (SSSR count). The molecule has 0 spiro atoms. The fraction of sp³-hybridized carbons (Fsp3) is 0.875. The van der Waals surface area contributed by atoms with Crippen LogP contribution in [-0.2, 0) is 14.3 Å². The van der Waals surface area contributed by atoms with Crippen molar-refractivity contribution in [3.8, 4) is 0 Å². The highest BCUT2D eigenvalue weighted by atomic mass is 16.6. The molecule has 0 amide bonds. The standard InChI is InChI=1S/C16H23NO3/c1-11-8-12-9-14(19)20-16(10-11)15(12)5-3-7-17(16)6-2-4-13(15)18/h11-12H,2-10H2,1H3/t11-,12+,15+,16+/m1/s1. The maximum Gasteiger partial charge on any atom is 0.307 e. The summed E-state index contributed by atoms with van der Waals surface area (Å²) >= 11 is 0. The number of nitrogens with zero attached hydrogens (tertiary/aromatic N) is 1. The molecule has 4 nitrogen and oxygen atoms in total. The molecule has 4 aliphatic rings. The number of piperidine rings is 1. The molecule has 3 heterocycles. The smallest absolute Gasteiger partial charge is 0.307 e. The van der Waals surface area contributed by atoms with Gasteiger partial charge < -0.3 is 4.74 Å². The molecule has 3 aliphatic heterocycles. The normalized spacial score (nSPS) is 51.0. The molecule has 0 aromatic carbocycles. The molecule has 0 aromatic rings. The third-order valence-electron chi connectivity index (χ3n) is 6.24. The van der Waals surface area contributed by atoms with Gasteiger partial charge in [0.25, 0.3) is 0 Å². The van der Waals surface area contributed by atoms with Crippen molar-refractivity contribution in [2.24, 2.45) is 17.3 Å². The van der Waals surface area contributed by atoms with Crippen molar-refractivity contribution in [3.63, 3.8) is 0 Å². The van der Waals surface area contributed by atoms with Crippen LogP contribution in [0.1, 0.15) is 51.9 Å². The number of esters is 1. The largest absolute Gasteiger partial charge is 0.443 e. The van der Waals surface area contributed by atoms with Crippen LogP contribution in [0.3, 0.4) is 0 Å². The first-order valence-electron chi connectivity index (χ1n) is 8.09. The lowest BCUT2D eigenvalue weighted by atomic mass is 9.51. The van der Waals surface area contributed by atoms with Crippen molar-refractivity contribution in [1.82, 2.24) is 4.90 Å². The fourth-order valence-corrected chi connectivity index (χ4v) is 5.70. The van der Waals surface area contributed by atoms with Crippen molar-refractivity contribution in [1.29, 1.82) is 0 Å². The first kappa shape index (κ1) is 12.8. The number of carbonyl (C=O) groups excluding carboxylic acids is 2. The monoisotopic (exact) mass is 277 g/mol. The Morgan fingerprint density at radius 2 is 2.05 bits per heavy atom. The second kappa shape index (κ2) is 4.06. The molecule has 0 N–H and O–H groups in total. The molecular weight excluding hydrogens is 254 g/mol. The lowest BCUT2D eigenvalue weighted by Crippen LogP contribution is -2.73. The van der Waals surface area contributed by atoms with Crippen molar-refractivity contribution >= 4 is 11.8 Å². The first-order chi connectivity index (χ1) is 9.58. The number of hydrogen-bond donors (Lipinski definition) is 0. The van der Waals surface area contributed by atoms with Gasteiger partial charge in [0.2, 0.25) is 0 Å². The van der Waals surface area contributed by atoms with E-state index < -0.39 is 5.72 Å². The van der Waals surface area contributed by atoms with E-state index in [4.69, 9.17) is 4.74 Å². The fourth-order valence-electron chi connectivity index (χ4n) is 5.70. The molecule has 1 unspecified atom stereocenters. The van der Waals surface area contributed by atoms with Crippen molar-refractivity contribution < 1.29 is 14.3 Å². The minimum Gasteiger partial charge on any atom is -0.443 e. The van der Waals surface area contributed by atoms with Gasteiger partial charge in [0.1, 0.15) is 5.78 Å². The van der Waals surface area contributed by atoms with Crippen LogP contribution in [0.15, 0.2) is 0 Å². The van der Waals surface area contributed by atoms with Gasteiger partial charge in [-0.25, -0.2) is 0 Å². The summed E-state index contributed by atoms with van der Waals surface area (Å²) in [5.74, 6) is 1.04. The molecule has 3 saturated heterocycles. The van der Waals surface area contributed by atoms with Crippen molar-refractivity contribution in [2.75, 3.05) is 13.1 Å². The van der Waals surface area contributed by atoms with E-state index in [0.717, 1.165) is 45.2 Å². The van der Waals surface area contributed by atoms with Crippen LogP contribution in [0.25, 0.3) is 0 Å². The van der Waals surface area contributed by atoms with Crippen LogP contribution in [0.4, 0.5) is 0 Å². The Kier molecular flexibility index (Phi) is 2.60. The maximum absolute atomic E-state index is 13.0. The lowest BCUT2D eigenvalue weighted by molar-refractivity contribution is -0.283. The van der Waals surface area contributed by atoms with Gasteiger partial charge >= 0.3 is 5.97 Å². The quantitative estimate of drug-likeness (QED) is 0.636. The van der Waals surface area contributed by atoms with Crippen LogP contribution in [0.5, 0.6) is 0 Å². The molecule has 110 valence electrons. The van der Waals surface area contributed by atoms with Gasteiger partial charge in [0, 0.05) is 32.4 Å². The van der Waals surface area contributed by atoms with E-state index in [2.05, 4.69) is 11.8 Å². The molecule has 1 saturated carbocycles. The minimum absolute atomic E-state index is 0.0841. The van der Waals surface area contributed by atoms with Crippen molar-refractivity contribution in [2.45, 2.75) is 57.6 Å². The number of hydrogen-bond acceptors (Lipinski definition) is 4. The molecular formula is C16H23NO3. The number of rotatable bonds is 0. The molecule has 4 bridgehead atoms. The molecule has 1 aliphatic carbocycles. The first-order valence-corrected chi connectivity index (χ1v) is 8.09. The third kappa shape index (κ3) is 1.36. The highest BCUT2D eigenvalue weighted by Crippen LogP contribution is 2.63. The average molecular weight is 277 g/mol. The lowest BCUT2D eigenvalue weighted by Gasteiger charge is -2.64. The summed E-state index contributed by atoms with van der Waals surface area (Å²) in [4.78, 5) is 27.5. The second-order valence-corrected chi connectivity index (χ2v) is 7.29. The summed E-state index contributed by atoms with van der Waals surface area (Å²) in [6.07, 6.45) is 5.88. The van der Waals surface area contributed by atoms with Crippen LogP contribution in [0, 0.1) is 17.3 Å². The topological polar surface area (TPSA) is 46.6 Å². The Morgan fingerprint density at radius 3 is 2.90 bits per heavy atom. The van der Waals surface area contributed by atoms with Crippen LogP contribution >= 0.6 is 0 Å². The summed E-state index contributed by atoms with van der Waals surface area (Å²) in [7, 11) is 0. The summed E-state index contributed by atoms with van der Waals surface area (Å²) < 4.78 is 5.99. The van der Waals surface area contributed by atoms with E-state index in [0.29, 0.717) is 24.5 Å². The molecule has 5 atom stereocenters. The van der Waals surface area contributed by atoms with Gasteiger partial charge in [-0.15, -0.1) is 0 Å². The molecule has 4 heteroatoms. The predicted molar refractivity (Wildman–Crippen MR) is 72.8 cm³/mol. The highest BCUT2D eigenvalue weighted by molar-refractivity contribution is 5.89. The Morgan fingerprint density at radius 1 is 1.25 bits per heavy atom. The Hall–Kier alpha value is -0.900. The van der Waals surface area contributed by atoms with Gasteiger partial charge in [-0.1, -0.05) is 6.92 Å². The van der Waals surface area contributed by atoms with Gasteiger partial charge in [-0.05, 0) is 37.5 Å². The highest BCUT2D eigenvalue weighted by Gasteiger charge is 2.71. The molecule has 0 aromatic heterocycles. The van der Waals surface area contributed by atoms with E-state index in [-0.39, 0.29) is 17.3 Å². The summed E-state index contributed by atoms with van der Waals surface area (Å²) in [5.41, 5.74) is -0.987. The zero-order valence-corrected chi connectivity index (χ0v) is 12.2. The Balaban J connectivity index is 1.92. The maximum atomic E-state index is 13.0. The van der Waals surface area contributed by atoms with Crippen LogP contribution in [-0.4, -0.2) is 35.5 Å². The predicted octanol–water partition coefficient (Wildman–Crippen LogP) is 2.12. The number of carbonyl (C=O) groups is 2. The van der Waals surface area contributed by atoms with E-state index in [1.165, 1.54) is 0 Å². The van der Waals surface area contributed by atoms with Gasteiger partial charge in [-0.3, -0.25) is 14.5 Å². The van der Waals surface area contributed by atoms with Gasteiger partial charge in [-0.2, -0.15) is 0 Å². The summed E-state index contributed by atoms with van der Waals surface area (Å²) in [5, 5.41) is 0. The molecule has 20 heavy (non-hydrogen) atoms. The number of Topliss-reactive ketones (excluding diaryl/α,β-unsaturated/α-hetero) is 1. The number of ether oxygens (including phenoxy) is 1. The summed E-state index contributed by atoms with van der Waals surface area (Å²) in [6, 6.07) is 0. The zero-order valence-electron chi connectivity index (χ0n) is 12.2. The Bertz CT molecular complexity index is 476.